The van der Waals surface area contributed by atoms with E-state index in [4.69, 9.17) is 0 Å². The molecule has 2 N–H and O–H groups in total. The summed E-state index contributed by atoms with van der Waals surface area (Å²) < 4.78 is 16.6. The van der Waals surface area contributed by atoms with E-state index in [2.05, 4.69) is 20.9 Å². The van der Waals surface area contributed by atoms with Gasteiger partial charge in [0, 0.05) is 29.4 Å². The largest absolute Gasteiger partial charge is 0.349 e. The lowest BCUT2D eigenvalue weighted by molar-refractivity contribution is -0.128. The number of aromatic nitrogens is 3. The Bertz CT molecular complexity index is 1480. The van der Waals surface area contributed by atoms with Crippen molar-refractivity contribution in [1.82, 2.24) is 20.3 Å². The summed E-state index contributed by atoms with van der Waals surface area (Å²) in [5, 5.41) is 13.8. The van der Waals surface area contributed by atoms with Crippen molar-refractivity contribution in [2.75, 3.05) is 10.2 Å². The first kappa shape index (κ1) is 26.5. The number of nitrogens with one attached hydrogen (secondary N) is 2. The van der Waals surface area contributed by atoms with Crippen molar-refractivity contribution in [3.05, 3.63) is 84.2 Å². The van der Waals surface area contributed by atoms with E-state index in [9.17, 15) is 14.4 Å². The van der Waals surface area contributed by atoms with E-state index >= 15 is 4.39 Å². The molecule has 3 aromatic carbocycles. The molecule has 196 valence electrons. The second-order valence-electron chi connectivity index (χ2n) is 9.89. The second-order valence-corrected chi connectivity index (χ2v) is 9.89. The number of hydrogen-bond acceptors (Lipinski definition) is 5. The molecule has 9 nitrogen and oxygen atoms in total. The van der Waals surface area contributed by atoms with E-state index in [0.29, 0.717) is 22.4 Å². The maximum Gasteiger partial charge on any atom is 0.249 e. The molecule has 0 bridgehead atoms. The number of halogens is 1. The van der Waals surface area contributed by atoms with Crippen molar-refractivity contribution in [2.45, 2.75) is 45.8 Å². The normalized spacial score (nSPS) is 12.1. The first-order valence-electron chi connectivity index (χ1n) is 12.1. The molecule has 1 atom stereocenters. The molecule has 0 fully saturated rings. The average Bonchev–Trinajstić information content (AvgIpc) is 3.25. The molecule has 0 radical (unpaired) electrons. The van der Waals surface area contributed by atoms with Gasteiger partial charge in [-0.15, -0.1) is 5.10 Å². The Morgan fingerprint density at radius 3 is 2.29 bits per heavy atom. The maximum absolute atomic E-state index is 15.2. The Morgan fingerprint density at radius 1 is 0.974 bits per heavy atom. The highest BCUT2D eigenvalue weighted by molar-refractivity contribution is 6.02. The zero-order valence-corrected chi connectivity index (χ0v) is 21.6. The monoisotopic (exact) mass is 516 g/mol. The lowest BCUT2D eigenvalue weighted by atomic mass is 10.00. The highest BCUT2D eigenvalue weighted by atomic mass is 19.1. The van der Waals surface area contributed by atoms with Gasteiger partial charge in [-0.1, -0.05) is 35.5 Å². The zero-order valence-electron chi connectivity index (χ0n) is 21.6. The van der Waals surface area contributed by atoms with Crippen molar-refractivity contribution in [2.24, 2.45) is 0 Å². The average molecular weight is 517 g/mol. The fourth-order valence-electron chi connectivity index (χ4n) is 4.12. The van der Waals surface area contributed by atoms with Crippen LogP contribution in [0.1, 0.15) is 39.3 Å². The fourth-order valence-corrected chi connectivity index (χ4v) is 4.12. The van der Waals surface area contributed by atoms with Crippen molar-refractivity contribution < 1.29 is 18.8 Å². The predicted octanol–water partition coefficient (Wildman–Crippen LogP) is 4.22. The van der Waals surface area contributed by atoms with Crippen LogP contribution in [0.25, 0.3) is 11.0 Å². The van der Waals surface area contributed by atoms with Crippen molar-refractivity contribution in [1.29, 1.82) is 0 Å². The van der Waals surface area contributed by atoms with Gasteiger partial charge in [-0.2, -0.15) is 0 Å². The topological polar surface area (TPSA) is 109 Å². The van der Waals surface area contributed by atoms with Gasteiger partial charge in [0.05, 0.1) is 5.52 Å². The first-order valence-corrected chi connectivity index (χ1v) is 12.1. The Morgan fingerprint density at radius 2 is 1.63 bits per heavy atom. The minimum atomic E-state index is -1.33. The SMILES string of the molecule is CC(=O)Nc1ccc(N(C(=O)Cn2nnc3ccccc32)[C@H](C(=O)NC(C)(C)C)c2ccccc2F)cc1. The predicted molar refractivity (Wildman–Crippen MR) is 143 cm³/mol. The Hall–Kier alpha value is -4.60. The van der Waals surface area contributed by atoms with Crippen LogP contribution < -0.4 is 15.5 Å². The van der Waals surface area contributed by atoms with Crippen molar-refractivity contribution >= 4 is 40.1 Å². The first-order chi connectivity index (χ1) is 18.0. The third-order valence-electron chi connectivity index (χ3n) is 5.64. The maximum atomic E-state index is 15.2. The molecule has 1 heterocycles. The summed E-state index contributed by atoms with van der Waals surface area (Å²) in [4.78, 5) is 40.4. The van der Waals surface area contributed by atoms with E-state index in [1.165, 1.54) is 34.7 Å². The summed E-state index contributed by atoms with van der Waals surface area (Å²) in [6.45, 7) is 6.55. The molecule has 1 aromatic heterocycles. The third-order valence-corrected chi connectivity index (χ3v) is 5.64. The van der Waals surface area contributed by atoms with Gasteiger partial charge in [0.15, 0.2) is 0 Å². The summed E-state index contributed by atoms with van der Waals surface area (Å²) in [5.41, 5.74) is 1.50. The van der Waals surface area contributed by atoms with Gasteiger partial charge < -0.3 is 10.6 Å². The van der Waals surface area contributed by atoms with E-state index in [-0.39, 0.29) is 18.0 Å². The molecule has 4 rings (SSSR count). The number of rotatable bonds is 7. The van der Waals surface area contributed by atoms with Gasteiger partial charge in [-0.3, -0.25) is 19.3 Å². The van der Waals surface area contributed by atoms with Crippen LogP contribution in [-0.2, 0) is 20.9 Å². The van der Waals surface area contributed by atoms with Gasteiger partial charge in [-0.05, 0) is 63.2 Å². The molecular weight excluding hydrogens is 487 g/mol. The standard InChI is InChI=1S/C28H29FN6O3/c1-18(36)30-19-13-15-20(16-14-19)35(25(37)17-34-24-12-8-7-11-23(24)32-33-34)26(27(38)31-28(2,3)4)21-9-5-6-10-22(21)29/h5-16,26H,17H2,1-4H3,(H,30,36)(H,31,38)/t26-/m0/s1. The summed E-state index contributed by atoms with van der Waals surface area (Å²) in [6, 6.07) is 18.2. The lowest BCUT2D eigenvalue weighted by Crippen LogP contribution is -2.50. The van der Waals surface area contributed by atoms with Crippen LogP contribution in [0.4, 0.5) is 15.8 Å². The summed E-state index contributed by atoms with van der Waals surface area (Å²) in [7, 11) is 0. The van der Waals surface area contributed by atoms with Gasteiger partial charge in [-0.25, -0.2) is 9.07 Å². The number of carbonyl (C=O) groups is 3. The van der Waals surface area contributed by atoms with Gasteiger partial charge in [0.25, 0.3) is 0 Å². The molecule has 10 heteroatoms. The number of benzene rings is 3. The molecule has 4 aromatic rings. The van der Waals surface area contributed by atoms with Crippen LogP contribution in [0.3, 0.4) is 0 Å². The molecular formula is C28H29FN6O3. The van der Waals surface area contributed by atoms with Crippen LogP contribution in [-0.4, -0.2) is 38.3 Å². The van der Waals surface area contributed by atoms with Crippen molar-refractivity contribution in [3.63, 3.8) is 0 Å². The number of fused-ring (bicyclic) bond motifs is 1. The molecule has 0 spiro atoms. The van der Waals surface area contributed by atoms with Gasteiger partial charge in [0.2, 0.25) is 17.7 Å². The van der Waals surface area contributed by atoms with Gasteiger partial charge >= 0.3 is 0 Å². The molecule has 0 saturated carbocycles. The second kappa shape index (κ2) is 10.8. The van der Waals surface area contributed by atoms with Crippen LogP contribution in [0.5, 0.6) is 0 Å². The molecule has 0 aliphatic heterocycles. The molecule has 3 amide bonds. The zero-order chi connectivity index (χ0) is 27.4. The van der Waals surface area contributed by atoms with E-state index < -0.39 is 29.2 Å². The Labute approximate surface area is 219 Å². The molecule has 0 aliphatic carbocycles. The fraction of sp³-hybridized carbons (Fsp3) is 0.250. The number of hydrogen-bond donors (Lipinski definition) is 2. The van der Waals surface area contributed by atoms with E-state index in [1.807, 2.05) is 12.1 Å². The number of carbonyl (C=O) groups excluding carboxylic acids is 3. The summed E-state index contributed by atoms with van der Waals surface area (Å²) >= 11 is 0. The number of anilines is 2. The van der Waals surface area contributed by atoms with Crippen LogP contribution in [0, 0.1) is 5.82 Å². The van der Waals surface area contributed by atoms with Crippen molar-refractivity contribution in [3.8, 4) is 0 Å². The van der Waals surface area contributed by atoms with Crippen LogP contribution in [0.2, 0.25) is 0 Å². The lowest BCUT2D eigenvalue weighted by Gasteiger charge is -2.34. The number of para-hydroxylation sites is 1. The Kier molecular flexibility index (Phi) is 7.52. The number of amides is 3. The highest BCUT2D eigenvalue weighted by Gasteiger charge is 2.36. The smallest absolute Gasteiger partial charge is 0.249 e. The third kappa shape index (κ3) is 6.03. The molecule has 0 aliphatic rings. The summed E-state index contributed by atoms with van der Waals surface area (Å²) in [5.74, 6) is -1.94. The highest BCUT2D eigenvalue weighted by Crippen LogP contribution is 2.31. The summed E-state index contributed by atoms with van der Waals surface area (Å²) in [6.07, 6.45) is 0. The number of nitrogens with zero attached hydrogens (tertiary/aromatic N) is 4. The Balaban J connectivity index is 1.83. The minimum Gasteiger partial charge on any atom is -0.349 e. The minimum absolute atomic E-state index is 0.0389. The van der Waals surface area contributed by atoms with Gasteiger partial charge in [0.1, 0.15) is 23.9 Å². The molecule has 38 heavy (non-hydrogen) atoms. The molecule has 0 saturated heterocycles. The molecule has 0 unspecified atom stereocenters. The quantitative estimate of drug-likeness (QED) is 0.382. The van der Waals surface area contributed by atoms with Crippen LogP contribution in [0.15, 0.2) is 72.8 Å². The van der Waals surface area contributed by atoms with E-state index in [1.54, 1.807) is 63.2 Å². The van der Waals surface area contributed by atoms with Crippen LogP contribution >= 0.6 is 0 Å². The van der Waals surface area contributed by atoms with E-state index in [0.717, 1.165) is 0 Å².